The molecule has 6 atom stereocenters. The number of carbonyl (C=O) groups excluding carboxylic acids is 2. The van der Waals surface area contributed by atoms with Gasteiger partial charge in [-0.25, -0.2) is 0 Å². The van der Waals surface area contributed by atoms with Crippen LogP contribution in [0, 0.1) is 16.7 Å². The molecule has 1 N–H and O–H groups in total. The predicted molar refractivity (Wildman–Crippen MR) is 84.7 cm³/mol. The lowest BCUT2D eigenvalue weighted by Gasteiger charge is -2.65. The fraction of sp³-hybridized carbons (Fsp3) is 0.579. The van der Waals surface area contributed by atoms with Crippen molar-refractivity contribution in [3.8, 4) is 0 Å². The predicted octanol–water partition coefficient (Wildman–Crippen LogP) is 2.17. The van der Waals surface area contributed by atoms with Crippen LogP contribution in [0.5, 0.6) is 0 Å². The van der Waals surface area contributed by atoms with Crippen LogP contribution in [-0.4, -0.2) is 29.3 Å². The summed E-state index contributed by atoms with van der Waals surface area (Å²) in [6.45, 7) is 5.57. The van der Waals surface area contributed by atoms with Gasteiger partial charge in [0.05, 0.1) is 0 Å². The molecule has 5 heteroatoms. The summed E-state index contributed by atoms with van der Waals surface area (Å²) in [5.41, 5.74) is -2.46. The van der Waals surface area contributed by atoms with Crippen molar-refractivity contribution in [1.82, 2.24) is 0 Å². The lowest BCUT2D eigenvalue weighted by Crippen LogP contribution is -2.75. The molecule has 1 aromatic carbocycles. The van der Waals surface area contributed by atoms with E-state index in [-0.39, 0.29) is 24.4 Å². The molecule has 1 aromatic rings. The van der Waals surface area contributed by atoms with Crippen molar-refractivity contribution in [3.05, 3.63) is 35.9 Å². The standard InChI is InChI=1S/C19H22O5/c1-11-9-17(12(2)23-15(17)20)10-18(13(3)24-16(18)21)19(11,22)14-7-5-4-6-8-14/h4-8,11-13,22H,9-10H2,1-3H3/t11-,12+,13-,17+,18-,19+/m1/s1. The van der Waals surface area contributed by atoms with Gasteiger partial charge in [-0.15, -0.1) is 0 Å². The molecular weight excluding hydrogens is 308 g/mol. The van der Waals surface area contributed by atoms with E-state index in [2.05, 4.69) is 0 Å². The average molecular weight is 330 g/mol. The summed E-state index contributed by atoms with van der Waals surface area (Å²) in [4.78, 5) is 25.0. The third-order valence-corrected chi connectivity index (χ3v) is 6.68. The second kappa shape index (κ2) is 4.60. The topological polar surface area (TPSA) is 72.8 Å². The number of rotatable bonds is 1. The first kappa shape index (κ1) is 15.6. The highest BCUT2D eigenvalue weighted by Gasteiger charge is 2.78. The first-order chi connectivity index (χ1) is 11.3. The number of hydrogen-bond acceptors (Lipinski definition) is 5. The Kier molecular flexibility index (Phi) is 3.00. The Labute approximate surface area is 141 Å². The van der Waals surface area contributed by atoms with E-state index in [0.29, 0.717) is 12.0 Å². The van der Waals surface area contributed by atoms with E-state index >= 15 is 0 Å². The van der Waals surface area contributed by atoms with E-state index in [9.17, 15) is 14.7 Å². The van der Waals surface area contributed by atoms with Gasteiger partial charge >= 0.3 is 11.9 Å². The maximum Gasteiger partial charge on any atom is 0.319 e. The van der Waals surface area contributed by atoms with Crippen LogP contribution in [-0.2, 0) is 24.7 Å². The Hall–Kier alpha value is -1.88. The molecule has 2 aliphatic heterocycles. The van der Waals surface area contributed by atoms with Crippen LogP contribution in [0.3, 0.4) is 0 Å². The van der Waals surface area contributed by atoms with Crippen LogP contribution in [0.1, 0.15) is 39.2 Å². The lowest BCUT2D eigenvalue weighted by molar-refractivity contribution is -0.302. The molecule has 128 valence electrons. The molecule has 3 aliphatic rings. The molecule has 1 aliphatic carbocycles. The molecule has 0 bridgehead atoms. The summed E-state index contributed by atoms with van der Waals surface area (Å²) < 4.78 is 10.5. The molecule has 2 saturated heterocycles. The quantitative estimate of drug-likeness (QED) is 0.799. The minimum atomic E-state index is -1.36. The first-order valence-corrected chi connectivity index (χ1v) is 8.49. The monoisotopic (exact) mass is 330 g/mol. The van der Waals surface area contributed by atoms with E-state index < -0.39 is 28.5 Å². The van der Waals surface area contributed by atoms with Crippen molar-refractivity contribution in [2.75, 3.05) is 0 Å². The molecule has 2 spiro atoms. The molecule has 5 nitrogen and oxygen atoms in total. The van der Waals surface area contributed by atoms with Crippen molar-refractivity contribution in [1.29, 1.82) is 0 Å². The third kappa shape index (κ3) is 1.50. The molecule has 1 saturated carbocycles. The number of carbonyl (C=O) groups is 2. The van der Waals surface area contributed by atoms with Gasteiger partial charge in [0.25, 0.3) is 0 Å². The highest BCUT2D eigenvalue weighted by molar-refractivity contribution is 5.89. The zero-order valence-corrected chi connectivity index (χ0v) is 14.1. The number of ether oxygens (including phenoxy) is 2. The van der Waals surface area contributed by atoms with Gasteiger partial charge in [0, 0.05) is 0 Å². The summed E-state index contributed by atoms with van der Waals surface area (Å²) in [6, 6.07) is 9.27. The number of esters is 2. The number of cyclic esters (lactones) is 2. The van der Waals surface area contributed by atoms with Crippen LogP contribution in [0.15, 0.2) is 30.3 Å². The van der Waals surface area contributed by atoms with E-state index in [1.165, 1.54) is 0 Å². The Balaban J connectivity index is 1.89. The molecule has 24 heavy (non-hydrogen) atoms. The van der Waals surface area contributed by atoms with Crippen molar-refractivity contribution in [3.63, 3.8) is 0 Å². The first-order valence-electron chi connectivity index (χ1n) is 8.49. The van der Waals surface area contributed by atoms with Gasteiger partial charge in [-0.1, -0.05) is 37.3 Å². The summed E-state index contributed by atoms with van der Waals surface area (Å²) in [6.07, 6.45) is 0.0799. The number of aliphatic hydroxyl groups is 1. The van der Waals surface area contributed by atoms with Gasteiger partial charge in [-0.3, -0.25) is 9.59 Å². The minimum absolute atomic E-state index is 0.245. The molecule has 4 rings (SSSR count). The Morgan fingerprint density at radius 2 is 1.62 bits per heavy atom. The van der Waals surface area contributed by atoms with Crippen LogP contribution >= 0.6 is 0 Å². The Bertz CT molecular complexity index is 716. The maximum atomic E-state index is 12.7. The SMILES string of the molecule is C[C@@H]1OC(=O)[C@]12C[C@@H](C)[C@](O)(c1ccccc1)[C@@]1(C2)C(=O)O[C@@H]1C. The largest absolute Gasteiger partial charge is 0.461 e. The van der Waals surface area contributed by atoms with Gasteiger partial charge in [0.2, 0.25) is 0 Å². The zero-order valence-electron chi connectivity index (χ0n) is 14.1. The lowest BCUT2D eigenvalue weighted by atomic mass is 9.44. The van der Waals surface area contributed by atoms with Gasteiger partial charge in [0.15, 0.2) is 0 Å². The minimum Gasteiger partial charge on any atom is -0.461 e. The molecule has 0 aromatic heterocycles. The van der Waals surface area contributed by atoms with Crippen LogP contribution in [0.4, 0.5) is 0 Å². The molecule has 3 fully saturated rings. The van der Waals surface area contributed by atoms with Crippen molar-refractivity contribution < 1.29 is 24.2 Å². The average Bonchev–Trinajstić information content (AvgIpc) is 2.58. The van der Waals surface area contributed by atoms with Crippen molar-refractivity contribution in [2.24, 2.45) is 16.7 Å². The van der Waals surface area contributed by atoms with Gasteiger partial charge in [0.1, 0.15) is 28.6 Å². The van der Waals surface area contributed by atoms with Crippen LogP contribution in [0.2, 0.25) is 0 Å². The molecular formula is C19H22O5. The summed E-state index contributed by atoms with van der Waals surface area (Å²) >= 11 is 0. The summed E-state index contributed by atoms with van der Waals surface area (Å²) in [5.74, 6) is -0.957. The highest BCUT2D eigenvalue weighted by Crippen LogP contribution is 2.67. The third-order valence-electron chi connectivity index (χ3n) is 6.68. The Morgan fingerprint density at radius 1 is 1.00 bits per heavy atom. The summed E-state index contributed by atoms with van der Waals surface area (Å²) in [5, 5.41) is 11.8. The maximum absolute atomic E-state index is 12.7. The summed E-state index contributed by atoms with van der Waals surface area (Å²) in [7, 11) is 0. The van der Waals surface area contributed by atoms with Gasteiger partial charge in [-0.05, 0) is 38.2 Å². The van der Waals surface area contributed by atoms with Crippen LogP contribution in [0.25, 0.3) is 0 Å². The molecule has 2 heterocycles. The van der Waals surface area contributed by atoms with E-state index in [1.807, 2.05) is 44.2 Å². The molecule has 0 radical (unpaired) electrons. The van der Waals surface area contributed by atoms with E-state index in [1.54, 1.807) is 6.92 Å². The second-order valence-corrected chi connectivity index (χ2v) is 7.64. The molecule has 0 amide bonds. The number of benzene rings is 1. The number of hydrogen-bond donors (Lipinski definition) is 1. The van der Waals surface area contributed by atoms with Gasteiger partial charge in [-0.2, -0.15) is 0 Å². The normalized spacial score (nSPS) is 46.9. The molecule has 0 unspecified atom stereocenters. The van der Waals surface area contributed by atoms with Crippen LogP contribution < -0.4 is 0 Å². The van der Waals surface area contributed by atoms with E-state index in [4.69, 9.17) is 9.47 Å². The highest BCUT2D eigenvalue weighted by atomic mass is 16.6. The Morgan fingerprint density at radius 3 is 2.12 bits per heavy atom. The zero-order chi connectivity index (χ0) is 17.3. The smallest absolute Gasteiger partial charge is 0.319 e. The second-order valence-electron chi connectivity index (χ2n) is 7.64. The van der Waals surface area contributed by atoms with E-state index in [0.717, 1.165) is 0 Å². The fourth-order valence-electron chi connectivity index (χ4n) is 5.19. The van der Waals surface area contributed by atoms with Crippen molar-refractivity contribution >= 4 is 11.9 Å². The van der Waals surface area contributed by atoms with Crippen molar-refractivity contribution in [2.45, 2.75) is 51.4 Å². The fourth-order valence-corrected chi connectivity index (χ4v) is 5.19. The van der Waals surface area contributed by atoms with Gasteiger partial charge < -0.3 is 14.6 Å².